The average molecular weight is 265 g/mol. The van der Waals surface area contributed by atoms with Crippen molar-refractivity contribution in [2.24, 2.45) is 23.7 Å². The van der Waals surface area contributed by atoms with E-state index >= 15 is 0 Å². The molecule has 1 spiro atoms. The van der Waals surface area contributed by atoms with Crippen LogP contribution in [0, 0.1) is 23.7 Å². The second kappa shape index (κ2) is 4.19. The lowest BCUT2D eigenvalue weighted by atomic mass is 9.48. The van der Waals surface area contributed by atoms with Crippen molar-refractivity contribution in [1.82, 2.24) is 4.90 Å². The van der Waals surface area contributed by atoms with Crippen molar-refractivity contribution in [3.63, 3.8) is 0 Å². The molecular weight excluding hydrogens is 238 g/mol. The molecule has 0 aromatic heterocycles. The van der Waals surface area contributed by atoms with E-state index in [-0.39, 0.29) is 17.7 Å². The van der Waals surface area contributed by atoms with Gasteiger partial charge in [0.15, 0.2) is 0 Å². The van der Waals surface area contributed by atoms with Gasteiger partial charge in [0, 0.05) is 18.0 Å². The quantitative estimate of drug-likeness (QED) is 0.699. The van der Waals surface area contributed by atoms with Crippen LogP contribution in [0.3, 0.4) is 0 Å². The summed E-state index contributed by atoms with van der Waals surface area (Å²) in [6, 6.07) is 0. The van der Waals surface area contributed by atoms with Gasteiger partial charge in [-0.25, -0.2) is 0 Å². The number of aliphatic hydroxyl groups excluding tert-OH is 2. The maximum Gasteiger partial charge on any atom is 0.0670 e. The molecular formula is C16H27NO2. The summed E-state index contributed by atoms with van der Waals surface area (Å²) in [4.78, 5) is 2.59. The highest BCUT2D eigenvalue weighted by atomic mass is 16.3. The Balaban J connectivity index is 1.79. The van der Waals surface area contributed by atoms with Crippen LogP contribution in [-0.2, 0) is 0 Å². The maximum absolute atomic E-state index is 10.6. The molecule has 7 atom stereocenters. The zero-order valence-electron chi connectivity index (χ0n) is 12.0. The predicted molar refractivity (Wildman–Crippen MR) is 73.7 cm³/mol. The van der Waals surface area contributed by atoms with Gasteiger partial charge < -0.3 is 10.2 Å². The minimum absolute atomic E-state index is 0.0909. The molecule has 2 N–H and O–H groups in total. The second-order valence-corrected chi connectivity index (χ2v) is 7.79. The molecule has 0 unspecified atom stereocenters. The molecule has 19 heavy (non-hydrogen) atoms. The summed E-state index contributed by atoms with van der Waals surface area (Å²) >= 11 is 0. The van der Waals surface area contributed by atoms with E-state index in [1.807, 2.05) is 0 Å². The molecule has 108 valence electrons. The molecule has 0 radical (unpaired) electrons. The smallest absolute Gasteiger partial charge is 0.0670 e. The van der Waals surface area contributed by atoms with Gasteiger partial charge in [-0.1, -0.05) is 6.92 Å². The van der Waals surface area contributed by atoms with Crippen molar-refractivity contribution in [2.75, 3.05) is 13.1 Å². The van der Waals surface area contributed by atoms with E-state index in [1.165, 1.54) is 25.7 Å². The van der Waals surface area contributed by atoms with Crippen LogP contribution in [0.1, 0.15) is 45.4 Å². The Morgan fingerprint density at radius 2 is 1.95 bits per heavy atom. The number of aliphatic hydroxyl groups is 2. The molecule has 4 rings (SSSR count). The highest BCUT2D eigenvalue weighted by molar-refractivity contribution is 5.16. The summed E-state index contributed by atoms with van der Waals surface area (Å²) in [6.45, 7) is 4.37. The Labute approximate surface area is 116 Å². The zero-order chi connectivity index (χ0) is 13.2. The SMILES string of the molecule is C[C@@H]1C[C@H]2C[C@@H](O)[C@H]3CCCN4C[C@H](O)C[C@H]2[C@]34C1. The van der Waals surface area contributed by atoms with E-state index in [4.69, 9.17) is 0 Å². The van der Waals surface area contributed by atoms with Gasteiger partial charge in [0.05, 0.1) is 12.2 Å². The molecule has 4 fully saturated rings. The van der Waals surface area contributed by atoms with Crippen molar-refractivity contribution in [3.8, 4) is 0 Å². The van der Waals surface area contributed by atoms with E-state index in [1.54, 1.807) is 0 Å². The first-order valence-electron chi connectivity index (χ1n) is 8.22. The summed E-state index contributed by atoms with van der Waals surface area (Å²) in [6.07, 6.45) is 6.65. The van der Waals surface area contributed by atoms with E-state index in [9.17, 15) is 10.2 Å². The number of rotatable bonds is 0. The fourth-order valence-electron chi connectivity index (χ4n) is 6.41. The van der Waals surface area contributed by atoms with Crippen LogP contribution in [0.2, 0.25) is 0 Å². The van der Waals surface area contributed by atoms with Gasteiger partial charge in [0.25, 0.3) is 0 Å². The van der Waals surface area contributed by atoms with Crippen molar-refractivity contribution >= 4 is 0 Å². The third kappa shape index (κ3) is 1.61. The average Bonchev–Trinajstić information content (AvgIpc) is 2.34. The molecule has 2 heterocycles. The Kier molecular flexibility index (Phi) is 2.78. The van der Waals surface area contributed by atoms with Gasteiger partial charge in [-0.2, -0.15) is 0 Å². The molecule has 2 saturated carbocycles. The lowest BCUT2D eigenvalue weighted by Crippen LogP contribution is -2.73. The van der Waals surface area contributed by atoms with E-state index in [0.717, 1.165) is 31.8 Å². The summed E-state index contributed by atoms with van der Waals surface area (Å²) in [5.41, 5.74) is 0.234. The van der Waals surface area contributed by atoms with Crippen molar-refractivity contribution in [1.29, 1.82) is 0 Å². The van der Waals surface area contributed by atoms with Crippen LogP contribution in [-0.4, -0.2) is 45.9 Å². The Bertz CT molecular complexity index is 374. The number of nitrogens with zero attached hydrogens (tertiary/aromatic N) is 1. The molecule has 3 heteroatoms. The summed E-state index contributed by atoms with van der Waals surface area (Å²) in [7, 11) is 0. The van der Waals surface area contributed by atoms with Crippen LogP contribution >= 0.6 is 0 Å². The molecule has 0 aromatic carbocycles. The fraction of sp³-hybridized carbons (Fsp3) is 1.00. The van der Waals surface area contributed by atoms with Crippen LogP contribution in [0.25, 0.3) is 0 Å². The Hall–Kier alpha value is -0.120. The van der Waals surface area contributed by atoms with Crippen LogP contribution in [0.5, 0.6) is 0 Å². The standard InChI is InChI=1S/C16H27NO2/c1-10-5-11-6-15(19)13-3-2-4-17-9-12(18)7-14(11)16(13,17)8-10/h10-15,18-19H,2-9H2,1H3/t10-,11+,12-,13-,14-,15-,16+/m1/s1. The van der Waals surface area contributed by atoms with E-state index in [0.29, 0.717) is 17.8 Å². The summed E-state index contributed by atoms with van der Waals surface area (Å²) < 4.78 is 0. The molecule has 0 aromatic rings. The lowest BCUT2D eigenvalue weighted by molar-refractivity contribution is -0.212. The molecule has 2 aliphatic carbocycles. The number of piperidine rings is 2. The fourth-order valence-corrected chi connectivity index (χ4v) is 6.41. The third-order valence-corrected chi connectivity index (χ3v) is 6.73. The van der Waals surface area contributed by atoms with Gasteiger partial charge in [0.2, 0.25) is 0 Å². The largest absolute Gasteiger partial charge is 0.393 e. The molecule has 4 aliphatic rings. The van der Waals surface area contributed by atoms with Gasteiger partial charge in [-0.05, 0) is 62.8 Å². The van der Waals surface area contributed by atoms with Gasteiger partial charge >= 0.3 is 0 Å². The third-order valence-electron chi connectivity index (χ3n) is 6.73. The Morgan fingerprint density at radius 1 is 1.11 bits per heavy atom. The van der Waals surface area contributed by atoms with Crippen molar-refractivity contribution in [3.05, 3.63) is 0 Å². The second-order valence-electron chi connectivity index (χ2n) is 7.79. The van der Waals surface area contributed by atoms with E-state index in [2.05, 4.69) is 11.8 Å². The molecule has 2 saturated heterocycles. The first-order chi connectivity index (χ1) is 9.11. The highest BCUT2D eigenvalue weighted by Crippen LogP contribution is 2.60. The molecule has 2 bridgehead atoms. The summed E-state index contributed by atoms with van der Waals surface area (Å²) in [5, 5.41) is 20.9. The number of β-amino-alcohol motifs (C(OH)–C–C–N with tert-alkyl or cyclic N) is 1. The van der Waals surface area contributed by atoms with E-state index < -0.39 is 0 Å². The minimum atomic E-state index is -0.136. The first kappa shape index (κ1) is 12.6. The predicted octanol–water partition coefficient (Wildman–Crippen LogP) is 1.63. The van der Waals surface area contributed by atoms with Gasteiger partial charge in [-0.15, -0.1) is 0 Å². The van der Waals surface area contributed by atoms with Crippen molar-refractivity contribution in [2.45, 2.75) is 63.2 Å². The number of hydrogen-bond donors (Lipinski definition) is 2. The van der Waals surface area contributed by atoms with Crippen LogP contribution < -0.4 is 0 Å². The van der Waals surface area contributed by atoms with Crippen LogP contribution in [0.4, 0.5) is 0 Å². The highest BCUT2D eigenvalue weighted by Gasteiger charge is 2.63. The number of hydrogen-bond acceptors (Lipinski definition) is 3. The molecule has 2 aliphatic heterocycles. The van der Waals surface area contributed by atoms with Gasteiger partial charge in [-0.3, -0.25) is 4.90 Å². The Morgan fingerprint density at radius 3 is 2.79 bits per heavy atom. The maximum atomic E-state index is 10.6. The minimum Gasteiger partial charge on any atom is -0.393 e. The summed E-state index contributed by atoms with van der Waals surface area (Å²) in [5.74, 6) is 2.54. The lowest BCUT2D eigenvalue weighted by Gasteiger charge is -2.68. The van der Waals surface area contributed by atoms with Crippen LogP contribution in [0.15, 0.2) is 0 Å². The normalized spacial score (nSPS) is 57.6. The van der Waals surface area contributed by atoms with Crippen molar-refractivity contribution < 1.29 is 10.2 Å². The topological polar surface area (TPSA) is 43.7 Å². The molecule has 3 nitrogen and oxygen atoms in total. The first-order valence-corrected chi connectivity index (χ1v) is 8.22. The van der Waals surface area contributed by atoms with Gasteiger partial charge in [0.1, 0.15) is 0 Å². The molecule has 0 amide bonds. The zero-order valence-corrected chi connectivity index (χ0v) is 12.0. The monoisotopic (exact) mass is 265 g/mol.